The van der Waals surface area contributed by atoms with Gasteiger partial charge in [-0.1, -0.05) is 39.3 Å². The molecule has 0 aliphatic carbocycles. The molecule has 0 spiro atoms. The Kier molecular flexibility index (Phi) is 5.49. The van der Waals surface area contributed by atoms with Gasteiger partial charge in [-0.2, -0.15) is 0 Å². The number of hydrogen-bond acceptors (Lipinski definition) is 2. The second-order valence-corrected chi connectivity index (χ2v) is 7.56. The minimum Gasteiger partial charge on any atom is -0.309 e. The van der Waals surface area contributed by atoms with Gasteiger partial charge in [-0.3, -0.25) is 0 Å². The van der Waals surface area contributed by atoms with Crippen molar-refractivity contribution in [3.05, 3.63) is 20.8 Å². The van der Waals surface area contributed by atoms with E-state index in [-0.39, 0.29) is 0 Å². The summed E-state index contributed by atoms with van der Waals surface area (Å²) in [6, 6.07) is 2.66. The van der Waals surface area contributed by atoms with E-state index >= 15 is 0 Å². The molecule has 1 atom stereocenters. The molecule has 1 heterocycles. The van der Waals surface area contributed by atoms with Gasteiger partial charge in [0.1, 0.15) is 0 Å². The van der Waals surface area contributed by atoms with Crippen molar-refractivity contribution in [2.75, 3.05) is 6.54 Å². The third kappa shape index (κ3) is 4.99. The molecule has 1 unspecified atom stereocenters. The van der Waals surface area contributed by atoms with E-state index in [2.05, 4.69) is 46.0 Å². The lowest BCUT2D eigenvalue weighted by molar-refractivity contribution is 0.314. The minimum absolute atomic E-state index is 0.329. The van der Waals surface area contributed by atoms with Crippen LogP contribution < -0.4 is 5.32 Å². The van der Waals surface area contributed by atoms with Gasteiger partial charge in [0, 0.05) is 10.9 Å². The van der Waals surface area contributed by atoms with Gasteiger partial charge < -0.3 is 5.32 Å². The van der Waals surface area contributed by atoms with Crippen molar-refractivity contribution in [3.63, 3.8) is 0 Å². The fraction of sp³-hybridized carbons (Fsp3) is 0.714. The third-order valence-corrected chi connectivity index (χ3v) is 4.35. The van der Waals surface area contributed by atoms with E-state index in [0.29, 0.717) is 11.5 Å². The molecule has 0 saturated heterocycles. The van der Waals surface area contributed by atoms with Gasteiger partial charge in [0.15, 0.2) is 0 Å². The minimum atomic E-state index is 0.329. The first-order valence-electron chi connectivity index (χ1n) is 6.32. The van der Waals surface area contributed by atoms with Crippen LogP contribution in [-0.2, 0) is 0 Å². The Morgan fingerprint density at radius 2 is 2.06 bits per heavy atom. The molecule has 0 saturated carbocycles. The summed E-state index contributed by atoms with van der Waals surface area (Å²) in [4.78, 5) is 1.37. The number of aryl methyl sites for hydroxylation is 1. The van der Waals surface area contributed by atoms with E-state index in [0.717, 1.165) is 17.3 Å². The van der Waals surface area contributed by atoms with E-state index in [1.54, 1.807) is 11.3 Å². The summed E-state index contributed by atoms with van der Waals surface area (Å²) < 4.78 is 0.928. The zero-order chi connectivity index (χ0) is 13.1. The first-order chi connectivity index (χ1) is 7.83. The number of thiophene rings is 1. The van der Waals surface area contributed by atoms with Gasteiger partial charge in [-0.15, -0.1) is 11.3 Å². The maximum atomic E-state index is 6.17. The molecular weight excluding hydrogens is 250 g/mol. The van der Waals surface area contributed by atoms with Crippen LogP contribution in [0.5, 0.6) is 0 Å². The monoisotopic (exact) mass is 273 g/mol. The predicted octanol–water partition coefficient (Wildman–Crippen LogP) is 5.19. The normalized spacial score (nSPS) is 14.0. The van der Waals surface area contributed by atoms with Crippen molar-refractivity contribution < 1.29 is 0 Å². The standard InChI is InChI=1S/C14H24ClNS/c1-6-7-16-11(9-14(3,4)5)12-8-10(2)13(15)17-12/h8,11,16H,6-7,9H2,1-5H3. The Morgan fingerprint density at radius 1 is 1.41 bits per heavy atom. The summed E-state index contributed by atoms with van der Waals surface area (Å²) in [6.45, 7) is 12.2. The second kappa shape index (κ2) is 6.21. The van der Waals surface area contributed by atoms with Crippen LogP contribution in [-0.4, -0.2) is 6.54 Å². The van der Waals surface area contributed by atoms with Crippen LogP contribution in [0.3, 0.4) is 0 Å². The molecular formula is C14H24ClNS. The lowest BCUT2D eigenvalue weighted by atomic mass is 9.87. The molecule has 1 aromatic rings. The fourth-order valence-corrected chi connectivity index (χ4v) is 3.15. The molecule has 0 amide bonds. The molecule has 1 aromatic heterocycles. The molecule has 0 bridgehead atoms. The summed E-state index contributed by atoms with van der Waals surface area (Å²) >= 11 is 7.89. The summed E-state index contributed by atoms with van der Waals surface area (Å²) in [7, 11) is 0. The van der Waals surface area contributed by atoms with Crippen LogP contribution in [0.4, 0.5) is 0 Å². The van der Waals surface area contributed by atoms with Crippen LogP contribution in [0.2, 0.25) is 4.34 Å². The van der Waals surface area contributed by atoms with Crippen molar-refractivity contribution in [2.45, 2.75) is 53.5 Å². The highest BCUT2D eigenvalue weighted by Gasteiger charge is 2.21. The van der Waals surface area contributed by atoms with E-state index < -0.39 is 0 Å². The Morgan fingerprint density at radius 3 is 2.47 bits per heavy atom. The molecule has 1 nitrogen and oxygen atoms in total. The van der Waals surface area contributed by atoms with E-state index in [1.165, 1.54) is 16.9 Å². The Bertz CT molecular complexity index is 332. The molecule has 0 aromatic carbocycles. The van der Waals surface area contributed by atoms with Crippen LogP contribution in [0.1, 0.15) is 57.0 Å². The van der Waals surface area contributed by atoms with Crippen LogP contribution in [0.25, 0.3) is 0 Å². The molecule has 98 valence electrons. The summed E-state index contributed by atoms with van der Waals surface area (Å²) in [5, 5.41) is 3.63. The molecule has 3 heteroatoms. The predicted molar refractivity (Wildman–Crippen MR) is 79.2 cm³/mol. The molecule has 0 aliphatic rings. The number of nitrogens with one attached hydrogen (secondary N) is 1. The summed E-state index contributed by atoms with van der Waals surface area (Å²) in [5.74, 6) is 0. The zero-order valence-corrected chi connectivity index (χ0v) is 13.1. The quantitative estimate of drug-likeness (QED) is 0.779. The average Bonchev–Trinajstić information content (AvgIpc) is 2.52. The number of hydrogen-bond donors (Lipinski definition) is 1. The van der Waals surface area contributed by atoms with E-state index in [9.17, 15) is 0 Å². The average molecular weight is 274 g/mol. The summed E-state index contributed by atoms with van der Waals surface area (Å²) in [5.41, 5.74) is 1.53. The zero-order valence-electron chi connectivity index (χ0n) is 11.6. The molecule has 1 rings (SSSR count). The van der Waals surface area contributed by atoms with E-state index in [4.69, 9.17) is 11.6 Å². The summed E-state index contributed by atoms with van der Waals surface area (Å²) in [6.07, 6.45) is 2.31. The SMILES string of the molecule is CCCNC(CC(C)(C)C)c1cc(C)c(Cl)s1. The maximum absolute atomic E-state index is 6.17. The lowest BCUT2D eigenvalue weighted by Gasteiger charge is -2.26. The Hall–Kier alpha value is -0.0500. The molecule has 0 fully saturated rings. The van der Waals surface area contributed by atoms with Gasteiger partial charge in [-0.25, -0.2) is 0 Å². The lowest BCUT2D eigenvalue weighted by Crippen LogP contribution is -2.25. The molecule has 1 N–H and O–H groups in total. The van der Waals surface area contributed by atoms with Gasteiger partial charge in [0.05, 0.1) is 4.34 Å². The molecule has 17 heavy (non-hydrogen) atoms. The Balaban J connectivity index is 2.81. The van der Waals surface area contributed by atoms with Gasteiger partial charge >= 0.3 is 0 Å². The fourth-order valence-electron chi connectivity index (χ4n) is 1.86. The van der Waals surface area contributed by atoms with Crippen LogP contribution in [0.15, 0.2) is 6.07 Å². The highest BCUT2D eigenvalue weighted by molar-refractivity contribution is 7.16. The maximum Gasteiger partial charge on any atom is 0.0960 e. The highest BCUT2D eigenvalue weighted by atomic mass is 35.5. The first kappa shape index (κ1) is 15.0. The molecule has 0 radical (unpaired) electrons. The van der Waals surface area contributed by atoms with Crippen molar-refractivity contribution in [1.82, 2.24) is 5.32 Å². The topological polar surface area (TPSA) is 12.0 Å². The second-order valence-electron chi connectivity index (χ2n) is 5.88. The number of rotatable bonds is 5. The largest absolute Gasteiger partial charge is 0.309 e. The highest BCUT2D eigenvalue weighted by Crippen LogP contribution is 2.36. The third-order valence-electron chi connectivity index (χ3n) is 2.68. The van der Waals surface area contributed by atoms with Gasteiger partial charge in [0.2, 0.25) is 0 Å². The van der Waals surface area contributed by atoms with Crippen LogP contribution >= 0.6 is 22.9 Å². The van der Waals surface area contributed by atoms with Crippen LogP contribution in [0, 0.1) is 12.3 Å². The van der Waals surface area contributed by atoms with Crippen molar-refractivity contribution in [3.8, 4) is 0 Å². The Labute approximate surface area is 115 Å². The van der Waals surface area contributed by atoms with Crippen molar-refractivity contribution in [2.24, 2.45) is 5.41 Å². The molecule has 0 aliphatic heterocycles. The van der Waals surface area contributed by atoms with Crippen molar-refractivity contribution in [1.29, 1.82) is 0 Å². The van der Waals surface area contributed by atoms with Gasteiger partial charge in [-0.05, 0) is 43.4 Å². The van der Waals surface area contributed by atoms with E-state index in [1.807, 2.05) is 0 Å². The van der Waals surface area contributed by atoms with Gasteiger partial charge in [0.25, 0.3) is 0 Å². The first-order valence-corrected chi connectivity index (χ1v) is 7.52. The number of halogens is 1. The van der Waals surface area contributed by atoms with Crippen molar-refractivity contribution >= 4 is 22.9 Å². The smallest absolute Gasteiger partial charge is 0.0960 e.